The fourth-order valence-electron chi connectivity index (χ4n) is 13.3. The lowest BCUT2D eigenvalue weighted by atomic mass is 9.81. The molecule has 6 heteroatoms. The van der Waals surface area contributed by atoms with E-state index >= 15 is 0 Å². The first-order valence-corrected chi connectivity index (χ1v) is 26.4. The highest BCUT2D eigenvalue weighted by atomic mass is 16.3. The summed E-state index contributed by atoms with van der Waals surface area (Å²) >= 11 is 0. The molecule has 358 valence electrons. The molecule has 11 aromatic carbocycles. The van der Waals surface area contributed by atoms with E-state index in [9.17, 15) is 0 Å². The second-order valence-corrected chi connectivity index (χ2v) is 20.8. The van der Waals surface area contributed by atoms with Crippen molar-refractivity contribution >= 4 is 112 Å². The van der Waals surface area contributed by atoms with Crippen molar-refractivity contribution in [3.05, 3.63) is 275 Å². The highest BCUT2D eigenvalue weighted by molar-refractivity contribution is 6.08. The molecule has 76 heavy (non-hydrogen) atoms. The van der Waals surface area contributed by atoms with Gasteiger partial charge in [0.25, 0.3) is 0 Å². The van der Waals surface area contributed by atoms with E-state index in [0.29, 0.717) is 0 Å². The van der Waals surface area contributed by atoms with E-state index in [1.165, 1.54) is 90.0 Å². The predicted molar refractivity (Wildman–Crippen MR) is 311 cm³/mol. The predicted octanol–water partition coefficient (Wildman–Crippen LogP) is 19.0. The summed E-state index contributed by atoms with van der Waals surface area (Å²) in [6.45, 7) is 0. The molecule has 6 heterocycles. The molecule has 0 aliphatic carbocycles. The summed E-state index contributed by atoms with van der Waals surface area (Å²) in [5, 5.41) is 4.47. The molecule has 4 aliphatic rings. The Morgan fingerprint density at radius 3 is 1.16 bits per heavy atom. The molecule has 0 atom stereocenters. The van der Waals surface area contributed by atoms with Crippen LogP contribution in [0.3, 0.4) is 0 Å². The van der Waals surface area contributed by atoms with Crippen molar-refractivity contribution in [3.63, 3.8) is 0 Å². The van der Waals surface area contributed by atoms with Gasteiger partial charge >= 0.3 is 0 Å². The Kier molecular flexibility index (Phi) is 8.70. The normalized spacial score (nSPS) is 13.5. The summed E-state index contributed by atoms with van der Waals surface area (Å²) in [7, 11) is 0. The lowest BCUT2D eigenvalue weighted by Gasteiger charge is -2.44. The highest BCUT2D eigenvalue weighted by Crippen LogP contribution is 2.59. The van der Waals surface area contributed by atoms with Crippen molar-refractivity contribution in [2.75, 3.05) is 19.6 Å². The van der Waals surface area contributed by atoms with Crippen LogP contribution in [0.25, 0.3) is 43.9 Å². The van der Waals surface area contributed by atoms with E-state index in [1.807, 2.05) is 12.1 Å². The van der Waals surface area contributed by atoms with Crippen LogP contribution in [0, 0.1) is 0 Å². The van der Waals surface area contributed by atoms with Gasteiger partial charge in [-0.05, 0) is 143 Å². The van der Waals surface area contributed by atoms with Crippen LogP contribution in [0.5, 0.6) is 0 Å². The lowest BCUT2D eigenvalue weighted by molar-refractivity contribution is 0.668. The number of para-hydroxylation sites is 6. The van der Waals surface area contributed by atoms with Crippen LogP contribution >= 0.6 is 0 Å². The van der Waals surface area contributed by atoms with E-state index in [2.05, 4.69) is 238 Å². The molecule has 0 saturated heterocycles. The van der Waals surface area contributed by atoms with Crippen molar-refractivity contribution in [3.8, 4) is 0 Å². The Balaban J connectivity index is 0.832. The molecular weight excluding hydrogens is 929 g/mol. The molecule has 0 spiro atoms. The second-order valence-electron chi connectivity index (χ2n) is 20.8. The smallest absolute Gasteiger partial charge is 0.135 e. The van der Waals surface area contributed by atoms with E-state index < -0.39 is 0 Å². The van der Waals surface area contributed by atoms with Gasteiger partial charge in [0.1, 0.15) is 22.3 Å². The van der Waals surface area contributed by atoms with Gasteiger partial charge in [-0.15, -0.1) is 0 Å². The van der Waals surface area contributed by atoms with Crippen LogP contribution in [-0.2, 0) is 25.7 Å². The number of furan rings is 2. The summed E-state index contributed by atoms with van der Waals surface area (Å²) in [5.74, 6) is 0. The monoisotopic (exact) mass is 974 g/mol. The Hall–Kier alpha value is -9.78. The summed E-state index contributed by atoms with van der Waals surface area (Å²) < 4.78 is 12.7. The minimum atomic E-state index is 0.821. The third kappa shape index (κ3) is 6.04. The van der Waals surface area contributed by atoms with Crippen LogP contribution in [-0.4, -0.2) is 0 Å². The zero-order valence-corrected chi connectivity index (χ0v) is 41.4. The van der Waals surface area contributed by atoms with Gasteiger partial charge in [-0.2, -0.15) is 0 Å². The number of hydrogen-bond acceptors (Lipinski definition) is 6. The zero-order chi connectivity index (χ0) is 49.6. The Labute approximate surface area is 439 Å². The average Bonchev–Trinajstić information content (AvgIpc) is 4.10. The number of hydrogen-bond donors (Lipinski definition) is 0. The molecule has 2 aromatic heterocycles. The van der Waals surface area contributed by atoms with Crippen LogP contribution in [0.2, 0.25) is 0 Å². The van der Waals surface area contributed by atoms with Crippen molar-refractivity contribution in [2.24, 2.45) is 0 Å². The molecule has 13 aromatic rings. The zero-order valence-electron chi connectivity index (χ0n) is 41.4. The number of fused-ring (bicyclic) bond motifs is 14. The molecule has 0 radical (unpaired) electrons. The van der Waals surface area contributed by atoms with Crippen LogP contribution in [0.4, 0.5) is 68.2 Å². The van der Waals surface area contributed by atoms with E-state index in [4.69, 9.17) is 8.83 Å². The van der Waals surface area contributed by atoms with Gasteiger partial charge in [-0.1, -0.05) is 121 Å². The lowest BCUT2D eigenvalue weighted by Crippen LogP contribution is -2.29. The minimum absolute atomic E-state index is 0.821. The summed E-state index contributed by atoms with van der Waals surface area (Å²) in [4.78, 5) is 10.1. The molecule has 0 N–H and O–H groups in total. The topological polar surface area (TPSA) is 39.2 Å². The van der Waals surface area contributed by atoms with Gasteiger partial charge in [0.05, 0.1) is 34.1 Å². The van der Waals surface area contributed by atoms with Gasteiger partial charge < -0.3 is 28.4 Å². The molecule has 4 aliphatic heterocycles. The van der Waals surface area contributed by atoms with Crippen molar-refractivity contribution in [1.82, 2.24) is 0 Å². The van der Waals surface area contributed by atoms with Crippen LogP contribution in [0.1, 0.15) is 44.5 Å². The quantitative estimate of drug-likeness (QED) is 0.165. The fourth-order valence-corrected chi connectivity index (χ4v) is 13.3. The summed E-state index contributed by atoms with van der Waals surface area (Å²) in [6.07, 6.45) is 3.29. The minimum Gasteiger partial charge on any atom is -0.456 e. The number of benzene rings is 11. The fraction of sp³-hybridized carbons (Fsp3) is 0.0571. The maximum absolute atomic E-state index is 6.35. The van der Waals surface area contributed by atoms with E-state index in [1.54, 1.807) is 0 Å². The highest BCUT2D eigenvalue weighted by Gasteiger charge is 2.39. The summed E-state index contributed by atoms with van der Waals surface area (Å²) in [6, 6.07) is 84.5. The van der Waals surface area contributed by atoms with Crippen LogP contribution < -0.4 is 19.6 Å². The third-order valence-corrected chi connectivity index (χ3v) is 16.6. The molecule has 17 rings (SSSR count). The van der Waals surface area contributed by atoms with E-state index in [0.717, 1.165) is 92.3 Å². The van der Waals surface area contributed by atoms with Gasteiger partial charge in [0.2, 0.25) is 0 Å². The maximum Gasteiger partial charge on any atom is 0.135 e. The number of anilines is 12. The molecule has 0 fully saturated rings. The average molecular weight is 975 g/mol. The Morgan fingerprint density at radius 1 is 0.276 bits per heavy atom. The third-order valence-electron chi connectivity index (χ3n) is 16.6. The van der Waals surface area contributed by atoms with E-state index in [-0.39, 0.29) is 0 Å². The Morgan fingerprint density at radius 2 is 0.684 bits per heavy atom. The van der Waals surface area contributed by atoms with Gasteiger partial charge in [0, 0.05) is 92.5 Å². The molecular formula is C70H46N4O2. The maximum atomic E-state index is 6.35. The molecule has 0 saturated carbocycles. The van der Waals surface area contributed by atoms with Crippen molar-refractivity contribution in [1.29, 1.82) is 0 Å². The Bertz CT molecular complexity index is 4280. The number of rotatable bonds is 6. The molecule has 0 bridgehead atoms. The molecule has 6 nitrogen and oxygen atoms in total. The first-order chi connectivity index (χ1) is 37.7. The van der Waals surface area contributed by atoms with Crippen LogP contribution in [0.15, 0.2) is 239 Å². The number of nitrogens with zero attached hydrogens (tertiary/aromatic N) is 4. The van der Waals surface area contributed by atoms with Gasteiger partial charge in [0.15, 0.2) is 0 Å². The second kappa shape index (κ2) is 15.9. The first-order valence-electron chi connectivity index (χ1n) is 26.4. The molecule has 0 amide bonds. The van der Waals surface area contributed by atoms with Gasteiger partial charge in [-0.3, -0.25) is 0 Å². The SMILES string of the molecule is c1ccc(N(c2ccc3oc4ccccc4c3c2)c2ccc3c4c2Cc2ccccc2N4c2cc4c(cc2C3)N2c3ccccc3Cc3c(N(c5ccccc5)c5ccc6oc7ccccc7c6c5)ccc(c32)C4)cc1. The van der Waals surface area contributed by atoms with Gasteiger partial charge in [-0.25, -0.2) is 0 Å². The molecule has 0 unspecified atom stereocenters. The van der Waals surface area contributed by atoms with Crippen molar-refractivity contribution < 1.29 is 8.83 Å². The summed E-state index contributed by atoms with van der Waals surface area (Å²) in [5.41, 5.74) is 28.6. The standard InChI is InChI=1S/C70H46N4O2/c1-3-17-49(18-4-1)71(51-29-33-67-55(41-51)53-21-9-13-25-65(53)75-67)61-31-27-45-35-47-40-64-48(39-63(47)73-59-23-11-7-15-43(59)37-57(61)69(45)73)36-46-28-32-62(58-38-44-16-8-12-24-60(44)74(64)70(46)58)72(50-19-5-2-6-20-50)52-30-34-68-56(42-52)54-22-10-14-26-66(54)76-68/h1-34,39-42H,35-38H2. The van der Waals surface area contributed by atoms with Crippen molar-refractivity contribution in [2.45, 2.75) is 25.7 Å². The first kappa shape index (κ1) is 41.7. The largest absolute Gasteiger partial charge is 0.456 e.